The summed E-state index contributed by atoms with van der Waals surface area (Å²) in [5.41, 5.74) is 2.36. The molecule has 0 saturated carbocycles. The van der Waals surface area contributed by atoms with E-state index in [1.807, 2.05) is 29.2 Å². The molecule has 8 heteroatoms. The van der Waals surface area contributed by atoms with Crippen molar-refractivity contribution in [2.75, 3.05) is 30.3 Å². The van der Waals surface area contributed by atoms with Crippen molar-refractivity contribution in [2.45, 2.75) is 32.1 Å². The molecule has 2 aromatic rings. The third-order valence-corrected chi connectivity index (χ3v) is 6.32. The first kappa shape index (κ1) is 22.8. The number of benzene rings is 2. The number of carbonyl (C=O) groups is 3. The van der Waals surface area contributed by atoms with Gasteiger partial charge < -0.3 is 20.9 Å². The molecule has 1 fully saturated rings. The van der Waals surface area contributed by atoms with Crippen molar-refractivity contribution >= 4 is 29.2 Å². The summed E-state index contributed by atoms with van der Waals surface area (Å²) in [6.07, 6.45) is 3.31. The number of likely N-dealkylation sites (tertiary alicyclic amines) is 1. The molecule has 7 nitrogen and oxygen atoms in total. The number of anilines is 2. The van der Waals surface area contributed by atoms with E-state index in [0.717, 1.165) is 24.1 Å². The number of nitrogens with zero attached hydrogens (tertiary/aromatic N) is 1. The molecule has 0 aliphatic carbocycles. The fourth-order valence-corrected chi connectivity index (χ4v) is 4.54. The highest BCUT2D eigenvalue weighted by Crippen LogP contribution is 2.28. The molecule has 2 aliphatic rings. The lowest BCUT2D eigenvalue weighted by molar-refractivity contribution is -0.133. The summed E-state index contributed by atoms with van der Waals surface area (Å²) in [6.45, 7) is 1.72. The molecule has 1 saturated heterocycles. The van der Waals surface area contributed by atoms with Crippen LogP contribution in [0.25, 0.3) is 0 Å². The van der Waals surface area contributed by atoms with E-state index in [4.69, 9.17) is 0 Å². The molecule has 2 atom stereocenters. The lowest BCUT2D eigenvalue weighted by Crippen LogP contribution is -2.44. The molecule has 3 N–H and O–H groups in total. The number of carbonyl (C=O) groups excluding carboxylic acids is 3. The van der Waals surface area contributed by atoms with Crippen molar-refractivity contribution < 1.29 is 18.8 Å². The molecule has 33 heavy (non-hydrogen) atoms. The van der Waals surface area contributed by atoms with Crippen LogP contribution < -0.4 is 16.0 Å². The Morgan fingerprint density at radius 3 is 2.85 bits per heavy atom. The first-order chi connectivity index (χ1) is 16.0. The van der Waals surface area contributed by atoms with Gasteiger partial charge in [-0.1, -0.05) is 24.3 Å². The number of piperidine rings is 1. The van der Waals surface area contributed by atoms with Gasteiger partial charge in [-0.3, -0.25) is 9.59 Å². The van der Waals surface area contributed by atoms with Gasteiger partial charge in [0.25, 0.3) is 0 Å². The second-order valence-electron chi connectivity index (χ2n) is 8.78. The van der Waals surface area contributed by atoms with Crippen LogP contribution in [0, 0.1) is 17.7 Å². The number of nitrogens with one attached hydrogen (secondary N) is 3. The molecule has 0 bridgehead atoms. The van der Waals surface area contributed by atoms with Crippen LogP contribution in [0.5, 0.6) is 0 Å². The third-order valence-electron chi connectivity index (χ3n) is 6.32. The van der Waals surface area contributed by atoms with Crippen LogP contribution in [0.3, 0.4) is 0 Å². The Balaban J connectivity index is 1.21. The van der Waals surface area contributed by atoms with E-state index in [1.165, 1.54) is 18.2 Å². The standard InChI is InChI=1S/C25H29FN4O3/c26-20-7-3-8-21(14-20)28-25(33)27-15-17-5-4-12-30(16-17)23(31)11-10-19-13-18-6-1-2-9-22(18)29-24(19)32/h1-3,6-9,14,17,19H,4-5,10-13,15-16H2,(H,29,32)(H2,27,28,33). The predicted octanol–water partition coefficient (Wildman–Crippen LogP) is 3.78. The average Bonchev–Trinajstić information content (AvgIpc) is 2.81. The molecule has 2 unspecified atom stereocenters. The Hall–Kier alpha value is -3.42. The maximum atomic E-state index is 13.3. The summed E-state index contributed by atoms with van der Waals surface area (Å²) >= 11 is 0. The van der Waals surface area contributed by atoms with Crippen LogP contribution in [0.1, 0.15) is 31.2 Å². The Morgan fingerprint density at radius 1 is 1.15 bits per heavy atom. The van der Waals surface area contributed by atoms with Crippen molar-refractivity contribution in [1.29, 1.82) is 0 Å². The maximum absolute atomic E-state index is 13.3. The maximum Gasteiger partial charge on any atom is 0.319 e. The number of rotatable bonds is 6. The van der Waals surface area contributed by atoms with E-state index < -0.39 is 11.8 Å². The van der Waals surface area contributed by atoms with Crippen molar-refractivity contribution in [3.05, 3.63) is 59.9 Å². The third kappa shape index (κ3) is 6.09. The second-order valence-corrected chi connectivity index (χ2v) is 8.78. The van der Waals surface area contributed by atoms with Gasteiger partial charge in [-0.05, 0) is 61.4 Å². The summed E-state index contributed by atoms with van der Waals surface area (Å²) in [6, 6.07) is 13.1. The zero-order valence-corrected chi connectivity index (χ0v) is 18.5. The van der Waals surface area contributed by atoms with Gasteiger partial charge in [0, 0.05) is 43.3 Å². The van der Waals surface area contributed by atoms with Gasteiger partial charge in [0.2, 0.25) is 11.8 Å². The SMILES string of the molecule is O=C(NCC1CCCN(C(=O)CCC2Cc3ccccc3NC2=O)C1)Nc1cccc(F)c1. The molecule has 0 spiro atoms. The highest BCUT2D eigenvalue weighted by Gasteiger charge is 2.28. The summed E-state index contributed by atoms with van der Waals surface area (Å²) in [4.78, 5) is 39.2. The zero-order valence-electron chi connectivity index (χ0n) is 18.5. The van der Waals surface area contributed by atoms with Gasteiger partial charge in [0.05, 0.1) is 0 Å². The summed E-state index contributed by atoms with van der Waals surface area (Å²) in [5.74, 6) is -0.422. The van der Waals surface area contributed by atoms with Gasteiger partial charge in [-0.25, -0.2) is 9.18 Å². The van der Waals surface area contributed by atoms with Crippen LogP contribution >= 0.6 is 0 Å². The van der Waals surface area contributed by atoms with Crippen molar-refractivity contribution in [3.63, 3.8) is 0 Å². The van der Waals surface area contributed by atoms with Gasteiger partial charge in [0.1, 0.15) is 5.82 Å². The largest absolute Gasteiger partial charge is 0.342 e. The summed E-state index contributed by atoms with van der Waals surface area (Å²) < 4.78 is 13.3. The van der Waals surface area contributed by atoms with Crippen molar-refractivity contribution in [2.24, 2.45) is 11.8 Å². The van der Waals surface area contributed by atoms with Crippen molar-refractivity contribution in [3.8, 4) is 0 Å². The van der Waals surface area contributed by atoms with E-state index in [1.54, 1.807) is 6.07 Å². The van der Waals surface area contributed by atoms with Crippen LogP contribution in [0.15, 0.2) is 48.5 Å². The molecule has 4 rings (SSSR count). The summed E-state index contributed by atoms with van der Waals surface area (Å²) in [5, 5.41) is 8.37. The van der Waals surface area contributed by atoms with E-state index in [2.05, 4.69) is 16.0 Å². The fraction of sp³-hybridized carbons (Fsp3) is 0.400. The average molecular weight is 453 g/mol. The molecule has 174 valence electrons. The van der Waals surface area contributed by atoms with Gasteiger partial charge in [-0.15, -0.1) is 0 Å². The minimum absolute atomic E-state index is 0.0217. The van der Waals surface area contributed by atoms with Gasteiger partial charge in [0.15, 0.2) is 0 Å². The number of hydrogen-bond donors (Lipinski definition) is 3. The number of halogens is 1. The predicted molar refractivity (Wildman–Crippen MR) is 124 cm³/mol. The Kier molecular flexibility index (Phi) is 7.22. The second kappa shape index (κ2) is 10.5. The van der Waals surface area contributed by atoms with Gasteiger partial charge >= 0.3 is 6.03 Å². The number of hydrogen-bond acceptors (Lipinski definition) is 3. The smallest absolute Gasteiger partial charge is 0.319 e. The number of amides is 4. The quantitative estimate of drug-likeness (QED) is 0.623. The minimum Gasteiger partial charge on any atom is -0.342 e. The lowest BCUT2D eigenvalue weighted by Gasteiger charge is -2.33. The molecular weight excluding hydrogens is 423 g/mol. The summed E-state index contributed by atoms with van der Waals surface area (Å²) in [7, 11) is 0. The highest BCUT2D eigenvalue weighted by molar-refractivity contribution is 5.96. The normalized spacial score (nSPS) is 19.9. The Morgan fingerprint density at radius 2 is 2.00 bits per heavy atom. The lowest BCUT2D eigenvalue weighted by atomic mass is 9.89. The Labute approximate surface area is 192 Å². The first-order valence-corrected chi connectivity index (χ1v) is 11.4. The molecule has 2 aromatic carbocycles. The molecular formula is C25H29FN4O3. The molecule has 0 radical (unpaired) electrons. The molecule has 0 aromatic heterocycles. The molecule has 2 heterocycles. The molecule has 4 amide bonds. The number of fused-ring (bicyclic) bond motifs is 1. The van der Waals surface area contributed by atoms with E-state index in [9.17, 15) is 18.8 Å². The van der Waals surface area contributed by atoms with Crippen LogP contribution in [0.2, 0.25) is 0 Å². The van der Waals surface area contributed by atoms with E-state index in [-0.39, 0.29) is 23.7 Å². The molecule has 2 aliphatic heterocycles. The number of para-hydroxylation sites is 1. The van der Waals surface area contributed by atoms with Crippen molar-refractivity contribution in [1.82, 2.24) is 10.2 Å². The zero-order chi connectivity index (χ0) is 23.2. The van der Waals surface area contributed by atoms with Crippen LogP contribution in [-0.2, 0) is 16.0 Å². The fourth-order valence-electron chi connectivity index (χ4n) is 4.54. The van der Waals surface area contributed by atoms with Crippen LogP contribution in [-0.4, -0.2) is 42.4 Å². The first-order valence-electron chi connectivity index (χ1n) is 11.4. The Bertz CT molecular complexity index is 1030. The monoisotopic (exact) mass is 452 g/mol. The van der Waals surface area contributed by atoms with Gasteiger partial charge in [-0.2, -0.15) is 0 Å². The highest BCUT2D eigenvalue weighted by atomic mass is 19.1. The number of urea groups is 1. The topological polar surface area (TPSA) is 90.5 Å². The van der Waals surface area contributed by atoms with E-state index >= 15 is 0 Å². The van der Waals surface area contributed by atoms with E-state index in [0.29, 0.717) is 44.6 Å². The minimum atomic E-state index is -0.413. The van der Waals surface area contributed by atoms with Crippen LogP contribution in [0.4, 0.5) is 20.6 Å².